The van der Waals surface area contributed by atoms with Crippen LogP contribution in [0.2, 0.25) is 0 Å². The highest BCUT2D eigenvalue weighted by atomic mass is 19.1. The van der Waals surface area contributed by atoms with Crippen LogP contribution in [0.25, 0.3) is 0 Å². The lowest BCUT2D eigenvalue weighted by Crippen LogP contribution is -2.70. The monoisotopic (exact) mass is 999 g/mol. The molecule has 6 rings (SSSR count). The highest BCUT2D eigenvalue weighted by Gasteiger charge is 2.65. The SMILES string of the molecule is C=CCO[C@@]12Oc3ccc(OC(=O)NCCCCCCCCCCCC)cc3[C@H]3[C@H](CCCCO)[C@@H](CCCCO)C=C(C(=NOCc4ccc([N+](=O)[O-])cc4)C[C@@H]1N(Cc1ccc(F)cc1)C(=O)OC)[C@H]32. The number of nitro benzene ring substituents is 1. The number of benzene rings is 3. The lowest BCUT2D eigenvalue weighted by molar-refractivity contribution is -0.384. The first kappa shape index (κ1) is 55.5. The van der Waals surface area contributed by atoms with E-state index in [0.29, 0.717) is 67.0 Å². The van der Waals surface area contributed by atoms with Gasteiger partial charge >= 0.3 is 12.2 Å². The second-order valence-electron chi connectivity index (χ2n) is 19.2. The van der Waals surface area contributed by atoms with Gasteiger partial charge in [0.25, 0.3) is 5.69 Å². The van der Waals surface area contributed by atoms with Crippen LogP contribution in [-0.2, 0) is 27.5 Å². The van der Waals surface area contributed by atoms with Crippen molar-refractivity contribution in [3.8, 4) is 11.5 Å². The van der Waals surface area contributed by atoms with Crippen molar-refractivity contribution in [3.05, 3.63) is 124 Å². The molecule has 1 aliphatic heterocycles. The Balaban J connectivity index is 1.42. The number of aliphatic hydroxyl groups is 2. The minimum absolute atomic E-state index is 0.0118. The third-order valence-corrected chi connectivity index (χ3v) is 14.3. The fourth-order valence-corrected chi connectivity index (χ4v) is 10.8. The molecule has 0 radical (unpaired) electrons. The maximum atomic E-state index is 14.3. The normalized spacial score (nSPS) is 21.4. The number of nitrogens with one attached hydrogen (secondary N) is 1. The number of unbranched alkanes of at least 4 members (excludes halogenated alkanes) is 11. The molecule has 1 fully saturated rings. The molecule has 2 aliphatic carbocycles. The minimum Gasteiger partial charge on any atom is -0.459 e. The Bertz CT molecular complexity index is 2270. The smallest absolute Gasteiger partial charge is 0.412 e. The van der Waals surface area contributed by atoms with Gasteiger partial charge in [-0.05, 0) is 103 Å². The number of halogens is 1. The summed E-state index contributed by atoms with van der Waals surface area (Å²) in [6.07, 6.45) is 18.4. The number of fused-ring (bicyclic) bond motifs is 2. The molecular formula is C56H75FN4O11. The molecule has 3 aliphatic rings. The van der Waals surface area contributed by atoms with Gasteiger partial charge in [-0.25, -0.2) is 14.0 Å². The molecule has 16 heteroatoms. The summed E-state index contributed by atoms with van der Waals surface area (Å²) in [6.45, 7) is 6.72. The van der Waals surface area contributed by atoms with E-state index >= 15 is 0 Å². The van der Waals surface area contributed by atoms with Crippen molar-refractivity contribution in [1.82, 2.24) is 10.2 Å². The van der Waals surface area contributed by atoms with Crippen LogP contribution in [0, 0.1) is 33.7 Å². The first-order chi connectivity index (χ1) is 35.1. The Morgan fingerprint density at radius 1 is 0.917 bits per heavy atom. The maximum absolute atomic E-state index is 14.3. The maximum Gasteiger partial charge on any atom is 0.412 e. The number of rotatable bonds is 30. The molecule has 0 aromatic heterocycles. The molecule has 0 saturated heterocycles. The average molecular weight is 999 g/mol. The molecule has 0 spiro atoms. The molecule has 1 saturated carbocycles. The van der Waals surface area contributed by atoms with Crippen molar-refractivity contribution in [2.24, 2.45) is 22.9 Å². The number of allylic oxidation sites excluding steroid dienone is 1. The fraction of sp³-hybridized carbons (Fsp3) is 0.554. The van der Waals surface area contributed by atoms with Gasteiger partial charge in [-0.15, -0.1) is 6.58 Å². The number of nitro groups is 1. The Hall–Kier alpha value is -5.84. The van der Waals surface area contributed by atoms with Crippen LogP contribution in [0.3, 0.4) is 0 Å². The first-order valence-corrected chi connectivity index (χ1v) is 26.1. The number of aliphatic hydroxyl groups excluding tert-OH is 2. The lowest BCUT2D eigenvalue weighted by Gasteiger charge is -2.59. The Morgan fingerprint density at radius 3 is 2.24 bits per heavy atom. The standard InChI is InChI=1S/C56H75FN4O11/c1-4-6-7-8-9-10-11-12-13-16-31-58-54(64)71-45-29-30-50-48(36-45)52-46(20-15-18-33-63)42(19-14-17-32-62)35-47-49(59-70-39-41-23-27-44(28-24-41)61(66)67)37-51(56(72-50,53(47)52)69-34-5-2)60(55(65)68-3)38-40-21-25-43(57)26-22-40/h5,21-30,35-36,42,46,51-53,62-63H,2,4,6-20,31-34,37-39H2,1,3H3,(H,58,64)/t42-,46+,51-,52+,53+,56+/m0/s1. The molecule has 0 unspecified atom stereocenters. The Kier molecular flexibility index (Phi) is 21.9. The summed E-state index contributed by atoms with van der Waals surface area (Å²) in [5, 5.41) is 39.1. The van der Waals surface area contributed by atoms with Gasteiger partial charge < -0.3 is 39.3 Å². The van der Waals surface area contributed by atoms with E-state index in [0.717, 1.165) is 36.8 Å². The third kappa shape index (κ3) is 14.7. The number of hydrogen-bond acceptors (Lipinski definition) is 12. The van der Waals surface area contributed by atoms with Crippen molar-refractivity contribution in [2.75, 3.05) is 33.5 Å². The van der Waals surface area contributed by atoms with Crippen LogP contribution >= 0.6 is 0 Å². The van der Waals surface area contributed by atoms with E-state index in [2.05, 4.69) is 24.9 Å². The molecule has 3 aromatic rings. The predicted molar refractivity (Wildman–Crippen MR) is 273 cm³/mol. The van der Waals surface area contributed by atoms with Gasteiger partial charge in [-0.3, -0.25) is 15.0 Å². The van der Waals surface area contributed by atoms with Crippen molar-refractivity contribution >= 4 is 23.6 Å². The molecule has 3 N–H and O–H groups in total. The highest BCUT2D eigenvalue weighted by molar-refractivity contribution is 6.03. The summed E-state index contributed by atoms with van der Waals surface area (Å²) in [6, 6.07) is 16.2. The number of methoxy groups -OCH3 is 1. The van der Waals surface area contributed by atoms with E-state index in [4.69, 9.17) is 28.9 Å². The zero-order valence-corrected chi connectivity index (χ0v) is 42.2. The number of oxime groups is 1. The molecule has 1 heterocycles. The molecule has 2 amide bonds. The number of ether oxygens (including phenoxy) is 4. The molecule has 3 aromatic carbocycles. The second-order valence-corrected chi connectivity index (χ2v) is 19.2. The Labute approximate surface area is 423 Å². The van der Waals surface area contributed by atoms with Crippen molar-refractivity contribution in [2.45, 2.75) is 147 Å². The number of non-ortho nitro benzene ring substituents is 1. The summed E-state index contributed by atoms with van der Waals surface area (Å²) >= 11 is 0. The van der Waals surface area contributed by atoms with Crippen LogP contribution in [0.1, 0.15) is 139 Å². The molecular weight excluding hydrogens is 924 g/mol. The van der Waals surface area contributed by atoms with Gasteiger partial charge in [-0.1, -0.05) is 107 Å². The fourth-order valence-electron chi connectivity index (χ4n) is 10.8. The van der Waals surface area contributed by atoms with E-state index in [1.807, 2.05) is 6.07 Å². The predicted octanol–water partition coefficient (Wildman–Crippen LogP) is 11.8. The zero-order valence-electron chi connectivity index (χ0n) is 42.2. The zero-order chi connectivity index (χ0) is 51.3. The van der Waals surface area contributed by atoms with Gasteiger partial charge in [0.15, 0.2) is 0 Å². The molecule has 392 valence electrons. The van der Waals surface area contributed by atoms with Gasteiger partial charge in [0.1, 0.15) is 30.0 Å². The summed E-state index contributed by atoms with van der Waals surface area (Å²) in [5.74, 6) is -2.55. The third-order valence-electron chi connectivity index (χ3n) is 14.3. The van der Waals surface area contributed by atoms with Crippen LogP contribution in [0.15, 0.2) is 96.2 Å². The van der Waals surface area contributed by atoms with Crippen LogP contribution in [0.5, 0.6) is 11.5 Å². The van der Waals surface area contributed by atoms with E-state index < -0.39 is 46.6 Å². The van der Waals surface area contributed by atoms with Crippen LogP contribution in [0.4, 0.5) is 19.7 Å². The average Bonchev–Trinajstić information content (AvgIpc) is 3.38. The van der Waals surface area contributed by atoms with Crippen LogP contribution < -0.4 is 14.8 Å². The highest BCUT2D eigenvalue weighted by Crippen LogP contribution is 2.62. The number of carbonyl (C=O) groups is 2. The quantitative estimate of drug-likeness (QED) is 0.0249. The van der Waals surface area contributed by atoms with E-state index in [1.165, 1.54) is 81.2 Å². The van der Waals surface area contributed by atoms with E-state index in [1.54, 1.807) is 42.5 Å². The lowest BCUT2D eigenvalue weighted by atomic mass is 9.55. The van der Waals surface area contributed by atoms with E-state index in [9.17, 15) is 34.3 Å². The second kappa shape index (κ2) is 28.4. The summed E-state index contributed by atoms with van der Waals surface area (Å²) < 4.78 is 40.1. The van der Waals surface area contributed by atoms with Gasteiger partial charge in [-0.2, -0.15) is 0 Å². The number of amides is 2. The van der Waals surface area contributed by atoms with Gasteiger partial charge in [0, 0.05) is 56.3 Å². The van der Waals surface area contributed by atoms with E-state index in [-0.39, 0.29) is 56.9 Å². The summed E-state index contributed by atoms with van der Waals surface area (Å²) in [4.78, 5) is 46.2. The topological polar surface area (TPSA) is 192 Å². The van der Waals surface area contributed by atoms with Gasteiger partial charge in [0.05, 0.1) is 30.3 Å². The van der Waals surface area contributed by atoms with Gasteiger partial charge in [0.2, 0.25) is 5.79 Å². The number of nitrogens with zero attached hydrogens (tertiary/aromatic N) is 3. The summed E-state index contributed by atoms with van der Waals surface area (Å²) in [7, 11) is 1.29. The Morgan fingerprint density at radius 2 is 1.58 bits per heavy atom. The largest absolute Gasteiger partial charge is 0.459 e. The molecule has 6 atom stereocenters. The molecule has 72 heavy (non-hydrogen) atoms. The molecule has 0 bridgehead atoms. The summed E-state index contributed by atoms with van der Waals surface area (Å²) in [5.41, 5.74) is 3.24. The first-order valence-electron chi connectivity index (χ1n) is 26.1. The molecule has 15 nitrogen and oxygen atoms in total. The van der Waals surface area contributed by atoms with Crippen molar-refractivity contribution in [3.63, 3.8) is 0 Å². The number of carbonyl (C=O) groups excluding carboxylic acids is 2. The van der Waals surface area contributed by atoms with Crippen molar-refractivity contribution < 1.29 is 52.9 Å². The number of hydrogen-bond donors (Lipinski definition) is 3. The van der Waals surface area contributed by atoms with Crippen LogP contribution in [-0.4, -0.2) is 83.2 Å². The van der Waals surface area contributed by atoms with Crippen molar-refractivity contribution in [1.29, 1.82) is 0 Å². The minimum atomic E-state index is -1.62.